The highest BCUT2D eigenvalue weighted by atomic mass is 16.5. The first-order valence-electron chi connectivity index (χ1n) is 5.76. The monoisotopic (exact) mass is 226 g/mol. The maximum atomic E-state index is 5.38. The van der Waals surface area contributed by atoms with Crippen molar-refractivity contribution in [1.29, 1.82) is 0 Å². The van der Waals surface area contributed by atoms with E-state index in [1.54, 1.807) is 10.9 Å². The highest BCUT2D eigenvalue weighted by Crippen LogP contribution is 2.10. The van der Waals surface area contributed by atoms with E-state index in [1.165, 1.54) is 12.8 Å². The van der Waals surface area contributed by atoms with Gasteiger partial charge in [-0.25, -0.2) is 0 Å². The molecule has 1 atom stereocenters. The molecule has 0 amide bonds. The summed E-state index contributed by atoms with van der Waals surface area (Å²) in [5.41, 5.74) is 11.8. The summed E-state index contributed by atoms with van der Waals surface area (Å²) < 4.78 is 7.07. The van der Waals surface area contributed by atoms with Crippen molar-refractivity contribution in [1.82, 2.24) is 9.78 Å². The Balaban J connectivity index is 0.000000160. The average molecular weight is 226 g/mol. The van der Waals surface area contributed by atoms with E-state index in [4.69, 9.17) is 16.2 Å². The predicted molar refractivity (Wildman–Crippen MR) is 63.7 cm³/mol. The van der Waals surface area contributed by atoms with Gasteiger partial charge in [0.25, 0.3) is 0 Å². The second-order valence-electron chi connectivity index (χ2n) is 3.87. The van der Waals surface area contributed by atoms with Crippen LogP contribution in [0.3, 0.4) is 0 Å². The van der Waals surface area contributed by atoms with Gasteiger partial charge in [0, 0.05) is 32.9 Å². The zero-order valence-corrected chi connectivity index (χ0v) is 9.93. The maximum absolute atomic E-state index is 5.38. The molecule has 1 aliphatic rings. The van der Waals surface area contributed by atoms with Crippen LogP contribution in [0, 0.1) is 0 Å². The molecule has 5 heteroatoms. The van der Waals surface area contributed by atoms with Gasteiger partial charge in [-0.2, -0.15) is 5.10 Å². The molecule has 1 unspecified atom stereocenters. The minimum Gasteiger partial charge on any atom is -0.377 e. The lowest BCUT2D eigenvalue weighted by Crippen LogP contribution is -2.27. The Hall–Kier alpha value is -0.910. The number of nitrogens with two attached hydrogens (primary N) is 2. The lowest BCUT2D eigenvalue weighted by molar-refractivity contribution is 0.0222. The molecule has 0 aromatic carbocycles. The Morgan fingerprint density at radius 2 is 2.31 bits per heavy atom. The molecular formula is C11H22N4O. The lowest BCUT2D eigenvalue weighted by Gasteiger charge is -2.20. The molecule has 4 N–H and O–H groups in total. The van der Waals surface area contributed by atoms with Crippen LogP contribution in [0.15, 0.2) is 12.3 Å². The fourth-order valence-corrected chi connectivity index (χ4v) is 1.59. The third kappa shape index (κ3) is 4.30. The first kappa shape index (κ1) is 13.2. The summed E-state index contributed by atoms with van der Waals surface area (Å²) >= 11 is 0. The van der Waals surface area contributed by atoms with Crippen LogP contribution >= 0.6 is 0 Å². The topological polar surface area (TPSA) is 79.1 Å². The van der Waals surface area contributed by atoms with E-state index in [-0.39, 0.29) is 0 Å². The van der Waals surface area contributed by atoms with Gasteiger partial charge in [-0.15, -0.1) is 0 Å². The molecule has 0 saturated carbocycles. The number of aromatic nitrogens is 2. The standard InChI is InChI=1S/C6H13NO.C5H9N3/c7-5-6-3-1-2-4-8-6;1-8-5(4-6)2-3-7-8/h6H,1-5,7H2;2-3H,4,6H2,1H3. The Morgan fingerprint density at radius 3 is 2.62 bits per heavy atom. The lowest BCUT2D eigenvalue weighted by atomic mass is 10.1. The fraction of sp³-hybridized carbons (Fsp3) is 0.727. The molecular weight excluding hydrogens is 204 g/mol. The van der Waals surface area contributed by atoms with Crippen LogP contribution in [0.25, 0.3) is 0 Å². The van der Waals surface area contributed by atoms with E-state index in [9.17, 15) is 0 Å². The fourth-order valence-electron chi connectivity index (χ4n) is 1.59. The van der Waals surface area contributed by atoms with Crippen molar-refractivity contribution in [2.24, 2.45) is 18.5 Å². The van der Waals surface area contributed by atoms with E-state index in [2.05, 4.69) is 5.10 Å². The summed E-state index contributed by atoms with van der Waals surface area (Å²) in [7, 11) is 1.88. The number of nitrogens with zero attached hydrogens (tertiary/aromatic N) is 2. The molecule has 1 aromatic rings. The number of ether oxygens (including phenoxy) is 1. The minimum atomic E-state index is 0.365. The summed E-state index contributed by atoms with van der Waals surface area (Å²) in [4.78, 5) is 0. The van der Waals surface area contributed by atoms with Crippen molar-refractivity contribution in [3.63, 3.8) is 0 Å². The van der Waals surface area contributed by atoms with Gasteiger partial charge in [-0.1, -0.05) is 0 Å². The summed E-state index contributed by atoms with van der Waals surface area (Å²) in [5, 5.41) is 3.92. The Bertz CT molecular complexity index is 281. The van der Waals surface area contributed by atoms with Crippen LogP contribution in [0.1, 0.15) is 25.0 Å². The summed E-state index contributed by atoms with van der Waals surface area (Å²) in [5.74, 6) is 0. The van der Waals surface area contributed by atoms with Crippen LogP contribution in [0.2, 0.25) is 0 Å². The van der Waals surface area contributed by atoms with E-state index >= 15 is 0 Å². The van der Waals surface area contributed by atoms with Crippen molar-refractivity contribution < 1.29 is 4.74 Å². The van der Waals surface area contributed by atoms with Crippen LogP contribution < -0.4 is 11.5 Å². The first-order valence-corrected chi connectivity index (χ1v) is 5.76. The maximum Gasteiger partial charge on any atom is 0.0697 e. The molecule has 5 nitrogen and oxygen atoms in total. The van der Waals surface area contributed by atoms with Gasteiger partial charge in [0.1, 0.15) is 0 Å². The molecule has 0 bridgehead atoms. The first-order chi connectivity index (χ1) is 7.77. The van der Waals surface area contributed by atoms with Crippen LogP contribution in [0.4, 0.5) is 0 Å². The van der Waals surface area contributed by atoms with Crippen LogP contribution in [0.5, 0.6) is 0 Å². The van der Waals surface area contributed by atoms with Crippen molar-refractivity contribution in [2.45, 2.75) is 31.9 Å². The summed E-state index contributed by atoms with van der Waals surface area (Å²) in [6, 6.07) is 1.90. The molecule has 2 rings (SSSR count). The Morgan fingerprint density at radius 1 is 1.50 bits per heavy atom. The molecule has 16 heavy (non-hydrogen) atoms. The summed E-state index contributed by atoms with van der Waals surface area (Å²) in [6.07, 6.45) is 5.78. The van der Waals surface area contributed by atoms with Gasteiger partial charge in [0.05, 0.1) is 11.8 Å². The van der Waals surface area contributed by atoms with Gasteiger partial charge < -0.3 is 16.2 Å². The molecule has 0 aliphatic carbocycles. The largest absolute Gasteiger partial charge is 0.377 e. The van der Waals surface area contributed by atoms with Crippen LogP contribution in [-0.4, -0.2) is 29.0 Å². The number of hydrogen-bond donors (Lipinski definition) is 2. The number of aryl methyl sites for hydroxylation is 1. The van der Waals surface area contributed by atoms with E-state index in [0.717, 1.165) is 18.7 Å². The highest BCUT2D eigenvalue weighted by molar-refractivity contribution is 4.98. The van der Waals surface area contributed by atoms with Crippen LogP contribution in [-0.2, 0) is 18.3 Å². The third-order valence-electron chi connectivity index (χ3n) is 2.67. The second kappa shape index (κ2) is 7.38. The Kier molecular flexibility index (Phi) is 6.07. The molecule has 2 heterocycles. The predicted octanol–water partition coefficient (Wildman–Crippen LogP) is 0.393. The molecule has 0 spiro atoms. The smallest absolute Gasteiger partial charge is 0.0697 e. The molecule has 0 radical (unpaired) electrons. The van der Waals surface area contributed by atoms with Crippen molar-refractivity contribution in [3.05, 3.63) is 18.0 Å². The van der Waals surface area contributed by atoms with Gasteiger partial charge in [0.15, 0.2) is 0 Å². The molecule has 92 valence electrons. The third-order valence-corrected chi connectivity index (χ3v) is 2.67. The second-order valence-corrected chi connectivity index (χ2v) is 3.87. The average Bonchev–Trinajstić information content (AvgIpc) is 2.76. The van der Waals surface area contributed by atoms with Crippen molar-refractivity contribution in [2.75, 3.05) is 13.2 Å². The van der Waals surface area contributed by atoms with E-state index in [0.29, 0.717) is 19.2 Å². The highest BCUT2D eigenvalue weighted by Gasteiger charge is 2.10. The summed E-state index contributed by atoms with van der Waals surface area (Å²) in [6.45, 7) is 2.18. The number of rotatable bonds is 2. The van der Waals surface area contributed by atoms with Gasteiger partial charge in [-0.05, 0) is 25.3 Å². The van der Waals surface area contributed by atoms with Gasteiger partial charge >= 0.3 is 0 Å². The van der Waals surface area contributed by atoms with Crippen molar-refractivity contribution >= 4 is 0 Å². The van der Waals surface area contributed by atoms with Crippen molar-refractivity contribution in [3.8, 4) is 0 Å². The van der Waals surface area contributed by atoms with Gasteiger partial charge in [-0.3, -0.25) is 4.68 Å². The quantitative estimate of drug-likeness (QED) is 0.764. The zero-order valence-electron chi connectivity index (χ0n) is 9.93. The number of hydrogen-bond acceptors (Lipinski definition) is 4. The molecule has 1 aromatic heterocycles. The molecule has 1 fully saturated rings. The minimum absolute atomic E-state index is 0.365. The normalized spacial score (nSPS) is 20.1. The molecule has 1 saturated heterocycles. The Labute approximate surface area is 96.8 Å². The van der Waals surface area contributed by atoms with Gasteiger partial charge in [0.2, 0.25) is 0 Å². The SMILES string of the molecule is Cn1nccc1CN.NCC1CCCCO1. The van der Waals surface area contributed by atoms with E-state index < -0.39 is 0 Å². The molecule has 1 aliphatic heterocycles. The zero-order chi connectivity index (χ0) is 11.8. The van der Waals surface area contributed by atoms with E-state index in [1.807, 2.05) is 13.1 Å².